The van der Waals surface area contributed by atoms with E-state index in [2.05, 4.69) is 43.2 Å². The molecule has 0 heterocycles. The van der Waals surface area contributed by atoms with E-state index < -0.39 is 6.10 Å². The van der Waals surface area contributed by atoms with Crippen molar-refractivity contribution in [2.75, 3.05) is 39.8 Å². The van der Waals surface area contributed by atoms with Gasteiger partial charge in [-0.1, -0.05) is 175 Å². The van der Waals surface area contributed by atoms with Gasteiger partial charge in [-0.2, -0.15) is 0 Å². The summed E-state index contributed by atoms with van der Waals surface area (Å²) in [5.74, 6) is 0.409. The molecule has 9 nitrogen and oxygen atoms in total. The second kappa shape index (κ2) is 41.6. The molecule has 2 unspecified atom stereocenters. The molecule has 0 amide bonds. The van der Waals surface area contributed by atoms with Crippen LogP contribution in [0.15, 0.2) is 11.4 Å². The van der Waals surface area contributed by atoms with Gasteiger partial charge in [0.15, 0.2) is 6.10 Å². The molecule has 0 spiro atoms. The number of Topliss-reactive ketones (excluding diaryl/α,β-unsaturated/α-hetero) is 1. The minimum Gasteiger partial charge on any atom is -0.466 e. The first kappa shape index (κ1) is 57.9. The standard InChI is InChI=1S/C53H101N3O6/c1-6-10-13-16-20-27-36-47(37-28-21-17-14-11-7-2)62-49(58)39-30-23-19-25-32-43-56(44-33-41-55-51-50(54-5)52(59)53(51)60)42-31-24-18-22-29-38-48(57)61-45-40-46(34-9-4)35-26-15-12-8-3/h46-47,53-55,60H,6-45H2,1-5H3. The van der Waals surface area contributed by atoms with Gasteiger partial charge < -0.3 is 30.1 Å². The van der Waals surface area contributed by atoms with E-state index in [-0.39, 0.29) is 23.8 Å². The summed E-state index contributed by atoms with van der Waals surface area (Å²) in [6.07, 6.45) is 39.0. The van der Waals surface area contributed by atoms with E-state index in [0.717, 1.165) is 110 Å². The van der Waals surface area contributed by atoms with E-state index >= 15 is 0 Å². The van der Waals surface area contributed by atoms with Gasteiger partial charge in [0.1, 0.15) is 11.8 Å². The Morgan fingerprint density at radius 2 is 1.03 bits per heavy atom. The van der Waals surface area contributed by atoms with Crippen LogP contribution in [0.3, 0.4) is 0 Å². The number of carbonyl (C=O) groups excluding carboxylic acids is 3. The highest BCUT2D eigenvalue weighted by Crippen LogP contribution is 2.22. The van der Waals surface area contributed by atoms with Gasteiger partial charge in [-0.05, 0) is 89.8 Å². The van der Waals surface area contributed by atoms with Crippen molar-refractivity contribution in [1.82, 2.24) is 15.5 Å². The normalized spacial score (nSPS) is 14.5. The zero-order valence-electron chi connectivity index (χ0n) is 41.5. The number of nitrogens with one attached hydrogen (secondary N) is 2. The Balaban J connectivity index is 2.40. The van der Waals surface area contributed by atoms with Crippen molar-refractivity contribution in [1.29, 1.82) is 0 Å². The molecule has 1 aliphatic carbocycles. The Morgan fingerprint density at radius 3 is 1.58 bits per heavy atom. The number of rotatable bonds is 47. The van der Waals surface area contributed by atoms with Gasteiger partial charge in [0.2, 0.25) is 5.78 Å². The third kappa shape index (κ3) is 30.9. The van der Waals surface area contributed by atoms with Crippen LogP contribution in [0, 0.1) is 5.92 Å². The van der Waals surface area contributed by atoms with Gasteiger partial charge in [0.05, 0.1) is 12.3 Å². The first-order chi connectivity index (χ1) is 30.3. The Morgan fingerprint density at radius 1 is 0.565 bits per heavy atom. The molecule has 1 rings (SSSR count). The maximum atomic E-state index is 12.9. The van der Waals surface area contributed by atoms with Gasteiger partial charge in [0, 0.05) is 26.4 Å². The lowest BCUT2D eigenvalue weighted by atomic mass is 9.93. The topological polar surface area (TPSA) is 117 Å². The predicted molar refractivity (Wildman–Crippen MR) is 260 cm³/mol. The number of likely N-dealkylation sites (N-methyl/N-ethyl adjacent to an activating group) is 1. The quantitative estimate of drug-likeness (QED) is 0.0406. The number of ether oxygens (including phenoxy) is 2. The van der Waals surface area contributed by atoms with Crippen LogP contribution in [0.2, 0.25) is 0 Å². The van der Waals surface area contributed by atoms with Crippen LogP contribution in [-0.2, 0) is 23.9 Å². The maximum absolute atomic E-state index is 12.9. The molecule has 9 heteroatoms. The van der Waals surface area contributed by atoms with E-state index in [1.165, 1.54) is 122 Å². The molecule has 1 aliphatic rings. The molecular weight excluding hydrogens is 775 g/mol. The van der Waals surface area contributed by atoms with E-state index in [1.807, 2.05) is 0 Å². The third-order valence-corrected chi connectivity index (χ3v) is 13.0. The molecule has 0 saturated carbocycles. The molecule has 0 bridgehead atoms. The molecule has 0 radical (unpaired) electrons. The Kier molecular flexibility index (Phi) is 38.8. The number of aliphatic hydroxyl groups is 1. The van der Waals surface area contributed by atoms with E-state index in [9.17, 15) is 19.5 Å². The number of ketones is 1. The van der Waals surface area contributed by atoms with Crippen LogP contribution in [0.25, 0.3) is 0 Å². The van der Waals surface area contributed by atoms with Crippen molar-refractivity contribution in [3.05, 3.63) is 11.4 Å². The summed E-state index contributed by atoms with van der Waals surface area (Å²) in [5, 5.41) is 16.2. The summed E-state index contributed by atoms with van der Waals surface area (Å²) in [6, 6.07) is 0. The number of nitrogens with zero attached hydrogens (tertiary/aromatic N) is 1. The number of unbranched alkanes of at least 4 members (excludes halogenated alkanes) is 21. The fourth-order valence-corrected chi connectivity index (χ4v) is 8.96. The highest BCUT2D eigenvalue weighted by molar-refractivity contribution is 6.07. The fourth-order valence-electron chi connectivity index (χ4n) is 8.96. The fraction of sp³-hybridized carbons (Fsp3) is 0.906. The minimum absolute atomic E-state index is 0.00219. The molecule has 3 N–H and O–H groups in total. The van der Waals surface area contributed by atoms with Gasteiger partial charge in [-0.15, -0.1) is 0 Å². The van der Waals surface area contributed by atoms with Crippen LogP contribution in [0.5, 0.6) is 0 Å². The van der Waals surface area contributed by atoms with Crippen molar-refractivity contribution < 1.29 is 29.0 Å². The monoisotopic (exact) mass is 876 g/mol. The lowest BCUT2D eigenvalue weighted by Gasteiger charge is -2.29. The van der Waals surface area contributed by atoms with Crippen molar-refractivity contribution in [3.8, 4) is 0 Å². The largest absolute Gasteiger partial charge is 0.466 e. The average Bonchev–Trinajstić information content (AvgIpc) is 3.26. The number of hydrogen-bond acceptors (Lipinski definition) is 9. The summed E-state index contributed by atoms with van der Waals surface area (Å²) in [6.45, 7) is 13.4. The van der Waals surface area contributed by atoms with Crippen molar-refractivity contribution in [2.24, 2.45) is 5.92 Å². The second-order valence-electron chi connectivity index (χ2n) is 18.7. The zero-order chi connectivity index (χ0) is 45.3. The van der Waals surface area contributed by atoms with Gasteiger partial charge in [0.25, 0.3) is 0 Å². The van der Waals surface area contributed by atoms with E-state index in [4.69, 9.17) is 9.47 Å². The van der Waals surface area contributed by atoms with E-state index in [1.54, 1.807) is 7.05 Å². The summed E-state index contributed by atoms with van der Waals surface area (Å²) < 4.78 is 11.7. The Bertz CT molecular complexity index is 1100. The highest BCUT2D eigenvalue weighted by atomic mass is 16.5. The van der Waals surface area contributed by atoms with Gasteiger partial charge in [-0.3, -0.25) is 14.4 Å². The SMILES string of the molecule is CCCCCCCCC(CCCCCCCC)OC(=O)CCCCCCCN(CCCCCCCC(=O)OCCC(CCC)CCCCCC)CCCNC1=C(NC)C(=O)C1O. The molecule has 62 heavy (non-hydrogen) atoms. The lowest BCUT2D eigenvalue weighted by Crippen LogP contribution is -2.47. The van der Waals surface area contributed by atoms with Crippen LogP contribution in [0.4, 0.5) is 0 Å². The van der Waals surface area contributed by atoms with Crippen molar-refractivity contribution >= 4 is 17.7 Å². The summed E-state index contributed by atoms with van der Waals surface area (Å²) in [5.41, 5.74) is 1.10. The van der Waals surface area contributed by atoms with Crippen LogP contribution in [-0.4, -0.2) is 79.8 Å². The third-order valence-electron chi connectivity index (χ3n) is 13.0. The first-order valence-corrected chi connectivity index (χ1v) is 26.8. The molecule has 0 aromatic carbocycles. The summed E-state index contributed by atoms with van der Waals surface area (Å²) in [7, 11) is 1.71. The molecule has 0 saturated heterocycles. The average molecular weight is 876 g/mol. The van der Waals surface area contributed by atoms with Crippen molar-refractivity contribution in [3.63, 3.8) is 0 Å². The van der Waals surface area contributed by atoms with Crippen LogP contribution in [0.1, 0.15) is 252 Å². The molecule has 2 atom stereocenters. The van der Waals surface area contributed by atoms with E-state index in [0.29, 0.717) is 43.3 Å². The maximum Gasteiger partial charge on any atom is 0.306 e. The summed E-state index contributed by atoms with van der Waals surface area (Å²) in [4.78, 5) is 39.7. The molecular formula is C53H101N3O6. The zero-order valence-corrected chi connectivity index (χ0v) is 41.5. The van der Waals surface area contributed by atoms with Crippen molar-refractivity contribution in [2.45, 2.75) is 265 Å². The molecule has 0 fully saturated rings. The number of aliphatic hydroxyl groups excluding tert-OH is 1. The second-order valence-corrected chi connectivity index (χ2v) is 18.7. The Hall–Kier alpha value is -2.13. The Labute approximate surface area is 382 Å². The molecule has 0 aromatic heterocycles. The molecule has 0 aromatic rings. The smallest absolute Gasteiger partial charge is 0.306 e. The number of carbonyl (C=O) groups is 3. The molecule has 0 aliphatic heterocycles. The van der Waals surface area contributed by atoms with Gasteiger partial charge in [-0.25, -0.2) is 0 Å². The predicted octanol–water partition coefficient (Wildman–Crippen LogP) is 13.1. The van der Waals surface area contributed by atoms with Crippen LogP contribution >= 0.6 is 0 Å². The van der Waals surface area contributed by atoms with Crippen LogP contribution < -0.4 is 10.6 Å². The highest BCUT2D eigenvalue weighted by Gasteiger charge is 2.37. The minimum atomic E-state index is -1.03. The first-order valence-electron chi connectivity index (χ1n) is 26.8. The summed E-state index contributed by atoms with van der Waals surface area (Å²) >= 11 is 0. The van der Waals surface area contributed by atoms with Gasteiger partial charge >= 0.3 is 11.9 Å². The number of esters is 2. The number of hydrogen-bond donors (Lipinski definition) is 3. The molecule has 364 valence electrons. The lowest BCUT2D eigenvalue weighted by molar-refractivity contribution is -0.150.